The monoisotopic (exact) mass is 295 g/mol. The Labute approximate surface area is 123 Å². The highest BCUT2D eigenvalue weighted by Crippen LogP contribution is 2.25. The molecule has 0 aliphatic carbocycles. The summed E-state index contributed by atoms with van der Waals surface area (Å²) in [5.41, 5.74) is 9.27. The molecule has 0 amide bonds. The van der Waals surface area contributed by atoms with Crippen LogP contribution in [0.25, 0.3) is 0 Å². The number of halogens is 2. The van der Waals surface area contributed by atoms with E-state index in [0.717, 1.165) is 23.5 Å². The maximum atomic E-state index is 13.6. The molecule has 0 spiro atoms. The average molecular weight is 296 g/mol. The third-order valence-electron chi connectivity index (χ3n) is 3.49. The van der Waals surface area contributed by atoms with Gasteiger partial charge in [0.25, 0.3) is 0 Å². The van der Waals surface area contributed by atoms with Gasteiger partial charge in [-0.25, -0.2) is 4.39 Å². The van der Waals surface area contributed by atoms with Gasteiger partial charge in [0.15, 0.2) is 0 Å². The van der Waals surface area contributed by atoms with Gasteiger partial charge in [0.1, 0.15) is 5.82 Å². The number of aryl methyl sites for hydroxylation is 3. The second-order valence-corrected chi connectivity index (χ2v) is 5.36. The van der Waals surface area contributed by atoms with E-state index in [1.165, 1.54) is 6.07 Å². The van der Waals surface area contributed by atoms with Gasteiger partial charge in [0.05, 0.1) is 16.4 Å². The molecule has 108 valence electrons. The molecule has 1 aromatic carbocycles. The van der Waals surface area contributed by atoms with Crippen molar-refractivity contribution in [2.75, 3.05) is 0 Å². The van der Waals surface area contributed by atoms with Crippen molar-refractivity contribution >= 4 is 11.6 Å². The van der Waals surface area contributed by atoms with E-state index in [1.807, 2.05) is 24.6 Å². The Balaban J connectivity index is 2.27. The third-order valence-corrected chi connectivity index (χ3v) is 3.98. The van der Waals surface area contributed by atoms with E-state index in [9.17, 15) is 4.39 Å². The van der Waals surface area contributed by atoms with Crippen molar-refractivity contribution in [2.45, 2.75) is 39.8 Å². The maximum absolute atomic E-state index is 13.6. The molecule has 3 nitrogen and oxygen atoms in total. The first kappa shape index (κ1) is 15.0. The van der Waals surface area contributed by atoms with Crippen molar-refractivity contribution in [3.8, 4) is 0 Å². The first-order chi connectivity index (χ1) is 9.43. The summed E-state index contributed by atoms with van der Waals surface area (Å²) in [5, 5.41) is 5.01. The molecule has 1 heterocycles. The minimum atomic E-state index is -0.302. The molecule has 0 fully saturated rings. The summed E-state index contributed by atoms with van der Waals surface area (Å²) in [6, 6.07) is 4.79. The van der Waals surface area contributed by atoms with Crippen molar-refractivity contribution in [1.29, 1.82) is 0 Å². The van der Waals surface area contributed by atoms with Crippen molar-refractivity contribution in [2.24, 2.45) is 5.73 Å². The molecule has 0 bridgehead atoms. The highest BCUT2D eigenvalue weighted by molar-refractivity contribution is 6.31. The largest absolute Gasteiger partial charge is 0.324 e. The highest BCUT2D eigenvalue weighted by Gasteiger charge is 2.17. The van der Waals surface area contributed by atoms with Crippen LogP contribution in [0.4, 0.5) is 4.39 Å². The van der Waals surface area contributed by atoms with E-state index < -0.39 is 0 Å². The molecule has 0 aliphatic heterocycles. The van der Waals surface area contributed by atoms with Crippen molar-refractivity contribution < 1.29 is 4.39 Å². The molecule has 20 heavy (non-hydrogen) atoms. The van der Waals surface area contributed by atoms with Gasteiger partial charge in [-0.15, -0.1) is 0 Å². The lowest BCUT2D eigenvalue weighted by Gasteiger charge is -2.14. The van der Waals surface area contributed by atoms with Gasteiger partial charge in [0, 0.05) is 19.0 Å². The zero-order valence-electron chi connectivity index (χ0n) is 12.0. The highest BCUT2D eigenvalue weighted by atomic mass is 35.5. The Morgan fingerprint density at radius 2 is 2.10 bits per heavy atom. The van der Waals surface area contributed by atoms with Gasteiger partial charge in [-0.2, -0.15) is 5.10 Å². The molecule has 0 saturated carbocycles. The summed E-state index contributed by atoms with van der Waals surface area (Å²) >= 11 is 6.27. The average Bonchev–Trinajstić information content (AvgIpc) is 2.69. The second-order valence-electron chi connectivity index (χ2n) is 4.98. The Kier molecular flexibility index (Phi) is 4.45. The number of hydrogen-bond acceptors (Lipinski definition) is 2. The van der Waals surface area contributed by atoms with Gasteiger partial charge >= 0.3 is 0 Å². The molecule has 1 atom stereocenters. The van der Waals surface area contributed by atoms with Gasteiger partial charge in [-0.3, -0.25) is 4.68 Å². The number of benzene rings is 1. The topological polar surface area (TPSA) is 43.8 Å². The number of hydrogen-bond donors (Lipinski definition) is 1. The fraction of sp³-hybridized carbons (Fsp3) is 0.400. The Bertz CT molecular complexity index is 622. The summed E-state index contributed by atoms with van der Waals surface area (Å²) in [4.78, 5) is 0. The minimum Gasteiger partial charge on any atom is -0.324 e. The third kappa shape index (κ3) is 2.86. The van der Waals surface area contributed by atoms with Gasteiger partial charge < -0.3 is 5.73 Å². The number of nitrogens with two attached hydrogens (primary N) is 1. The summed E-state index contributed by atoms with van der Waals surface area (Å²) < 4.78 is 15.5. The smallest absolute Gasteiger partial charge is 0.126 e. The number of rotatable bonds is 4. The fourth-order valence-electron chi connectivity index (χ4n) is 2.23. The summed E-state index contributed by atoms with van der Waals surface area (Å²) in [6.07, 6.45) is 0.538. The van der Waals surface area contributed by atoms with Crippen LogP contribution in [0.1, 0.15) is 35.5 Å². The molecule has 2 rings (SSSR count). The fourth-order valence-corrected chi connectivity index (χ4v) is 2.44. The molecule has 2 N–H and O–H groups in total. The van der Waals surface area contributed by atoms with E-state index >= 15 is 0 Å². The van der Waals surface area contributed by atoms with Crippen LogP contribution < -0.4 is 5.73 Å². The predicted molar refractivity (Wildman–Crippen MR) is 79.4 cm³/mol. The van der Waals surface area contributed by atoms with E-state index in [4.69, 9.17) is 17.3 Å². The molecule has 1 aromatic heterocycles. The van der Waals surface area contributed by atoms with Crippen molar-refractivity contribution in [3.05, 3.63) is 51.6 Å². The quantitative estimate of drug-likeness (QED) is 0.937. The van der Waals surface area contributed by atoms with Crippen LogP contribution in [-0.2, 0) is 13.0 Å². The summed E-state index contributed by atoms with van der Waals surface area (Å²) in [7, 11) is 0. The van der Waals surface area contributed by atoms with Crippen LogP contribution in [0.2, 0.25) is 5.02 Å². The Morgan fingerprint density at radius 3 is 2.70 bits per heavy atom. The molecular weight excluding hydrogens is 277 g/mol. The lowest BCUT2D eigenvalue weighted by molar-refractivity contribution is 0.580. The molecule has 0 saturated heterocycles. The van der Waals surface area contributed by atoms with Crippen molar-refractivity contribution in [3.63, 3.8) is 0 Å². The number of aromatic nitrogens is 2. The maximum Gasteiger partial charge on any atom is 0.126 e. The molecule has 0 aliphatic rings. The molecule has 2 aromatic rings. The van der Waals surface area contributed by atoms with Crippen LogP contribution in [0.3, 0.4) is 0 Å². The summed E-state index contributed by atoms with van der Waals surface area (Å²) in [6.45, 7) is 6.34. The SMILES string of the molecule is CCn1nc(C)c(Cl)c1CC(N)c1ccc(C)c(F)c1. The second kappa shape index (κ2) is 5.94. The van der Waals surface area contributed by atoms with E-state index in [1.54, 1.807) is 13.0 Å². The lowest BCUT2D eigenvalue weighted by Crippen LogP contribution is -2.16. The van der Waals surface area contributed by atoms with Gasteiger partial charge in [-0.05, 0) is 38.0 Å². The minimum absolute atomic E-state index is 0.232. The van der Waals surface area contributed by atoms with E-state index in [2.05, 4.69) is 5.10 Å². The zero-order chi connectivity index (χ0) is 14.9. The van der Waals surface area contributed by atoms with E-state index in [0.29, 0.717) is 17.0 Å². The van der Waals surface area contributed by atoms with Crippen LogP contribution in [0.15, 0.2) is 18.2 Å². The van der Waals surface area contributed by atoms with Gasteiger partial charge in [0.2, 0.25) is 0 Å². The summed E-state index contributed by atoms with van der Waals surface area (Å²) in [5.74, 6) is -0.232. The van der Waals surface area contributed by atoms with Crippen LogP contribution in [0, 0.1) is 19.7 Å². The van der Waals surface area contributed by atoms with Crippen LogP contribution in [-0.4, -0.2) is 9.78 Å². The molecule has 0 radical (unpaired) electrons. The molecule has 1 unspecified atom stereocenters. The lowest BCUT2D eigenvalue weighted by atomic mass is 10.0. The first-order valence-corrected chi connectivity index (χ1v) is 7.05. The van der Waals surface area contributed by atoms with Crippen LogP contribution in [0.5, 0.6) is 0 Å². The standard InChI is InChI=1S/C15H19ClFN3/c1-4-20-14(15(16)10(3)19-20)8-13(18)11-6-5-9(2)12(17)7-11/h5-7,13H,4,8,18H2,1-3H3. The van der Waals surface area contributed by atoms with Crippen molar-refractivity contribution in [1.82, 2.24) is 9.78 Å². The Hall–Kier alpha value is -1.39. The predicted octanol–water partition coefficient (Wildman–Crippen LogP) is 3.55. The van der Waals surface area contributed by atoms with E-state index in [-0.39, 0.29) is 11.9 Å². The van der Waals surface area contributed by atoms with Crippen LogP contribution >= 0.6 is 11.6 Å². The van der Waals surface area contributed by atoms with Gasteiger partial charge in [-0.1, -0.05) is 23.7 Å². The Morgan fingerprint density at radius 1 is 1.40 bits per heavy atom. The normalized spacial score (nSPS) is 12.7. The molecular formula is C15H19ClFN3. The number of nitrogens with zero attached hydrogens (tertiary/aromatic N) is 2. The first-order valence-electron chi connectivity index (χ1n) is 6.67. The zero-order valence-corrected chi connectivity index (χ0v) is 12.7. The molecule has 5 heteroatoms.